The lowest BCUT2D eigenvalue weighted by Crippen LogP contribution is -2.15. The Kier molecular flexibility index (Phi) is 4.88. The second kappa shape index (κ2) is 6.99. The second-order valence-electron chi connectivity index (χ2n) is 5.52. The molecule has 142 valence electrons. The van der Waals surface area contributed by atoms with Gasteiger partial charge in [-0.2, -0.15) is 13.2 Å². The molecule has 1 aromatic heterocycles. The third-order valence-electron chi connectivity index (χ3n) is 3.73. The Morgan fingerprint density at radius 1 is 1.04 bits per heavy atom. The third kappa shape index (κ3) is 4.08. The second-order valence-corrected chi connectivity index (χ2v) is 7.20. The summed E-state index contributed by atoms with van der Waals surface area (Å²) in [5.41, 5.74) is -0.527. The maximum absolute atomic E-state index is 12.9. The van der Waals surface area contributed by atoms with Crippen molar-refractivity contribution < 1.29 is 30.7 Å². The number of benzene rings is 2. The fraction of sp³-hybridized carbons (Fsp3) is 0.111. The summed E-state index contributed by atoms with van der Waals surface area (Å²) in [5, 5.41) is 0. The van der Waals surface area contributed by atoms with Gasteiger partial charge in [0.1, 0.15) is 11.5 Å². The molecule has 9 heteroatoms. The molecule has 2 aromatic carbocycles. The van der Waals surface area contributed by atoms with Gasteiger partial charge in [0, 0.05) is 11.6 Å². The van der Waals surface area contributed by atoms with Gasteiger partial charge < -0.3 is 9.15 Å². The van der Waals surface area contributed by atoms with Crippen LogP contribution in [0, 0.1) is 0 Å². The van der Waals surface area contributed by atoms with E-state index in [4.69, 9.17) is 9.15 Å². The van der Waals surface area contributed by atoms with Gasteiger partial charge >= 0.3 is 6.18 Å². The number of halogens is 3. The van der Waals surface area contributed by atoms with Gasteiger partial charge in [0.05, 0.1) is 29.5 Å². The Balaban J connectivity index is 2.04. The predicted molar refractivity (Wildman–Crippen MR) is 92.9 cm³/mol. The van der Waals surface area contributed by atoms with Gasteiger partial charge in [-0.15, -0.1) is 0 Å². The SMILES string of the molecule is COc1ccc(-c2ccco2)c(NS(=O)(=O)c2cccc(C(F)(F)F)c2)c1. The highest BCUT2D eigenvalue weighted by molar-refractivity contribution is 7.92. The number of furan rings is 1. The molecule has 0 radical (unpaired) electrons. The van der Waals surface area contributed by atoms with Gasteiger partial charge in [-0.1, -0.05) is 6.07 Å². The first-order chi connectivity index (χ1) is 12.7. The number of rotatable bonds is 5. The minimum atomic E-state index is -4.65. The van der Waals surface area contributed by atoms with Crippen LogP contribution in [0.15, 0.2) is 70.2 Å². The lowest BCUT2D eigenvalue weighted by atomic mass is 10.1. The quantitative estimate of drug-likeness (QED) is 0.673. The van der Waals surface area contributed by atoms with Crippen LogP contribution in [0.4, 0.5) is 18.9 Å². The van der Waals surface area contributed by atoms with E-state index < -0.39 is 26.7 Å². The van der Waals surface area contributed by atoms with E-state index in [0.29, 0.717) is 23.1 Å². The molecule has 0 spiro atoms. The Morgan fingerprint density at radius 3 is 2.44 bits per heavy atom. The average Bonchev–Trinajstić information content (AvgIpc) is 3.15. The number of hydrogen-bond donors (Lipinski definition) is 1. The highest BCUT2D eigenvalue weighted by Gasteiger charge is 2.31. The molecule has 0 amide bonds. The van der Waals surface area contributed by atoms with Gasteiger partial charge in [-0.05, 0) is 42.5 Å². The summed E-state index contributed by atoms with van der Waals surface area (Å²) in [4.78, 5) is -0.509. The van der Waals surface area contributed by atoms with Gasteiger partial charge in [-0.3, -0.25) is 4.72 Å². The monoisotopic (exact) mass is 397 g/mol. The molecule has 0 unspecified atom stereocenters. The standard InChI is InChI=1S/C18H14F3NO4S/c1-25-13-7-8-15(17-6-3-9-26-17)16(11-13)22-27(23,24)14-5-2-4-12(10-14)18(19,20)21/h2-11,22H,1H3. The van der Waals surface area contributed by atoms with E-state index in [1.807, 2.05) is 0 Å². The maximum atomic E-state index is 12.9. The summed E-state index contributed by atoms with van der Waals surface area (Å²) < 4.78 is 76.7. The number of hydrogen-bond acceptors (Lipinski definition) is 4. The molecule has 3 aromatic rings. The number of methoxy groups -OCH3 is 1. The van der Waals surface area contributed by atoms with E-state index in [2.05, 4.69) is 4.72 Å². The van der Waals surface area contributed by atoms with E-state index in [-0.39, 0.29) is 5.69 Å². The molecule has 0 saturated carbocycles. The average molecular weight is 397 g/mol. The molecule has 0 atom stereocenters. The number of ether oxygens (including phenoxy) is 1. The van der Waals surface area contributed by atoms with Crippen molar-refractivity contribution in [1.29, 1.82) is 0 Å². The molecule has 1 heterocycles. The molecule has 0 bridgehead atoms. The van der Waals surface area contributed by atoms with Crippen LogP contribution in [0.5, 0.6) is 5.75 Å². The highest BCUT2D eigenvalue weighted by Crippen LogP contribution is 2.34. The Morgan fingerprint density at radius 2 is 1.81 bits per heavy atom. The normalized spacial score (nSPS) is 12.0. The van der Waals surface area contributed by atoms with Crippen LogP contribution in [-0.2, 0) is 16.2 Å². The lowest BCUT2D eigenvalue weighted by Gasteiger charge is -2.14. The Bertz CT molecular complexity index is 1040. The smallest absolute Gasteiger partial charge is 0.416 e. The molecule has 5 nitrogen and oxygen atoms in total. The first-order valence-electron chi connectivity index (χ1n) is 7.63. The van der Waals surface area contributed by atoms with Gasteiger partial charge in [0.2, 0.25) is 0 Å². The summed E-state index contributed by atoms with van der Waals surface area (Å²) in [6, 6.07) is 11.4. The minimum Gasteiger partial charge on any atom is -0.497 e. The van der Waals surface area contributed by atoms with E-state index >= 15 is 0 Å². The highest BCUT2D eigenvalue weighted by atomic mass is 32.2. The first kappa shape index (κ1) is 18.8. The molecule has 0 saturated heterocycles. The zero-order chi connectivity index (χ0) is 19.7. The first-order valence-corrected chi connectivity index (χ1v) is 9.11. The molecule has 0 fully saturated rings. The summed E-state index contributed by atoms with van der Waals surface area (Å²) in [7, 11) is -2.87. The molecule has 1 N–H and O–H groups in total. The molecule has 3 rings (SSSR count). The van der Waals surface area contributed by atoms with E-state index in [1.165, 1.54) is 19.4 Å². The van der Waals surface area contributed by atoms with Gasteiger partial charge in [-0.25, -0.2) is 8.42 Å². The van der Waals surface area contributed by atoms with Crippen molar-refractivity contribution in [3.8, 4) is 17.1 Å². The number of nitrogens with one attached hydrogen (secondary N) is 1. The van der Waals surface area contributed by atoms with Crippen LogP contribution in [0.2, 0.25) is 0 Å². The fourth-order valence-corrected chi connectivity index (χ4v) is 3.54. The van der Waals surface area contributed by atoms with Crippen molar-refractivity contribution in [3.05, 3.63) is 66.4 Å². The fourth-order valence-electron chi connectivity index (χ4n) is 2.42. The van der Waals surface area contributed by atoms with Crippen molar-refractivity contribution in [2.45, 2.75) is 11.1 Å². The van der Waals surface area contributed by atoms with E-state index in [1.54, 1.807) is 24.3 Å². The van der Waals surface area contributed by atoms with Crippen LogP contribution < -0.4 is 9.46 Å². The zero-order valence-corrected chi connectivity index (χ0v) is 14.8. The summed E-state index contributed by atoms with van der Waals surface area (Å²) in [5.74, 6) is 0.756. The zero-order valence-electron chi connectivity index (χ0n) is 13.9. The van der Waals surface area contributed by atoms with Crippen molar-refractivity contribution in [3.63, 3.8) is 0 Å². The molecular weight excluding hydrogens is 383 g/mol. The van der Waals surface area contributed by atoms with Crippen LogP contribution in [0.3, 0.4) is 0 Å². The van der Waals surface area contributed by atoms with Crippen LogP contribution in [0.1, 0.15) is 5.56 Å². The van der Waals surface area contributed by atoms with Crippen molar-refractivity contribution in [2.24, 2.45) is 0 Å². The predicted octanol–water partition coefficient (Wildman–Crippen LogP) is 4.77. The van der Waals surface area contributed by atoms with Gasteiger partial charge in [0.25, 0.3) is 10.0 Å². The molecule has 0 aliphatic carbocycles. The molecule has 27 heavy (non-hydrogen) atoms. The van der Waals surface area contributed by atoms with E-state index in [0.717, 1.165) is 18.2 Å². The maximum Gasteiger partial charge on any atom is 0.416 e. The van der Waals surface area contributed by atoms with Crippen molar-refractivity contribution in [2.75, 3.05) is 11.8 Å². The summed E-state index contributed by atoms with van der Waals surface area (Å²) >= 11 is 0. The van der Waals surface area contributed by atoms with Crippen LogP contribution in [-0.4, -0.2) is 15.5 Å². The topological polar surface area (TPSA) is 68.5 Å². The van der Waals surface area contributed by atoms with Crippen LogP contribution in [0.25, 0.3) is 11.3 Å². The van der Waals surface area contributed by atoms with Gasteiger partial charge in [0.15, 0.2) is 0 Å². The van der Waals surface area contributed by atoms with Crippen molar-refractivity contribution >= 4 is 15.7 Å². The number of sulfonamides is 1. The lowest BCUT2D eigenvalue weighted by molar-refractivity contribution is -0.137. The van der Waals surface area contributed by atoms with Crippen LogP contribution >= 0.6 is 0 Å². The third-order valence-corrected chi connectivity index (χ3v) is 5.09. The molecule has 0 aliphatic rings. The number of alkyl halides is 3. The summed E-state index contributed by atoms with van der Waals surface area (Å²) in [6.07, 6.45) is -3.23. The largest absolute Gasteiger partial charge is 0.497 e. The van der Waals surface area contributed by atoms with Crippen molar-refractivity contribution in [1.82, 2.24) is 0 Å². The Hall–Kier alpha value is -2.94. The van der Waals surface area contributed by atoms with E-state index in [9.17, 15) is 21.6 Å². The molecule has 0 aliphatic heterocycles. The minimum absolute atomic E-state index is 0.113. The summed E-state index contributed by atoms with van der Waals surface area (Å²) in [6.45, 7) is 0. The Labute approximate surface area is 153 Å². The molecular formula is C18H14F3NO4S. The number of anilines is 1.